The molecule has 0 aromatic carbocycles. The van der Waals surface area contributed by atoms with Gasteiger partial charge in [-0.2, -0.15) is 0 Å². The first-order valence-corrected chi connectivity index (χ1v) is 8.43. The van der Waals surface area contributed by atoms with Crippen molar-refractivity contribution in [3.63, 3.8) is 0 Å². The molecule has 0 rings (SSSR count). The predicted octanol–water partition coefficient (Wildman–Crippen LogP) is -0.610. The summed E-state index contributed by atoms with van der Waals surface area (Å²) in [5, 5.41) is 26.4. The van der Waals surface area contributed by atoms with Crippen LogP contribution in [0.3, 0.4) is 0 Å². The fourth-order valence-electron chi connectivity index (χ4n) is 2.00. The Labute approximate surface area is 130 Å². The van der Waals surface area contributed by atoms with Gasteiger partial charge in [0.15, 0.2) is 0 Å². The first kappa shape index (κ1) is 20.7. The highest BCUT2D eigenvalue weighted by Crippen LogP contribution is 2.36. The maximum Gasteiger partial charge on any atom is 0.317 e. The molecule has 0 aliphatic heterocycles. The fourth-order valence-corrected chi connectivity index (χ4v) is 4.62. The van der Waals surface area contributed by atoms with Gasteiger partial charge in [-0.1, -0.05) is 7.92 Å². The minimum Gasteiger partial charge on any atom is -0.480 e. The molecule has 0 spiro atoms. The van der Waals surface area contributed by atoms with E-state index in [-0.39, 0.29) is 19.6 Å². The first-order chi connectivity index (χ1) is 10.1. The Morgan fingerprint density at radius 3 is 1.09 bits per heavy atom. The normalized spacial score (nSPS) is 11.6. The Balaban J connectivity index is 4.63. The Kier molecular flexibility index (Phi) is 9.84. The van der Waals surface area contributed by atoms with Crippen molar-refractivity contribution in [2.24, 2.45) is 0 Å². The molecule has 3 N–H and O–H groups in total. The van der Waals surface area contributed by atoms with Crippen LogP contribution in [0.5, 0.6) is 0 Å². The predicted molar refractivity (Wildman–Crippen MR) is 82.3 cm³/mol. The van der Waals surface area contributed by atoms with Crippen molar-refractivity contribution in [2.45, 2.75) is 0 Å². The van der Waals surface area contributed by atoms with Crippen LogP contribution in [0.4, 0.5) is 0 Å². The van der Waals surface area contributed by atoms with Gasteiger partial charge in [0.2, 0.25) is 0 Å². The molecule has 0 aromatic rings. The molecule has 0 aliphatic carbocycles. The molecule has 0 fully saturated rings. The lowest BCUT2D eigenvalue weighted by Gasteiger charge is -2.30. The van der Waals surface area contributed by atoms with E-state index in [0.29, 0.717) is 18.9 Å². The summed E-state index contributed by atoms with van der Waals surface area (Å²) in [5.41, 5.74) is 0. The van der Waals surface area contributed by atoms with Gasteiger partial charge in [-0.25, -0.2) is 0 Å². The SMILES string of the molecule is CN(CC(=O)O)CP(CN(C)CC(=O)O)CN(C)CC(=O)O. The van der Waals surface area contributed by atoms with E-state index < -0.39 is 25.8 Å². The first-order valence-electron chi connectivity index (χ1n) is 6.53. The summed E-state index contributed by atoms with van der Waals surface area (Å²) >= 11 is 0. The lowest BCUT2D eigenvalue weighted by molar-refractivity contribution is -0.138. The largest absolute Gasteiger partial charge is 0.480 e. The van der Waals surface area contributed by atoms with Crippen molar-refractivity contribution in [2.75, 3.05) is 59.6 Å². The molecule has 9 nitrogen and oxygen atoms in total. The Bertz CT molecular complexity index is 338. The summed E-state index contributed by atoms with van der Waals surface area (Å²) in [5.74, 6) is -2.80. The summed E-state index contributed by atoms with van der Waals surface area (Å²) in [4.78, 5) is 37.1. The minimum atomic E-state index is -0.935. The van der Waals surface area contributed by atoms with Crippen LogP contribution in [0.25, 0.3) is 0 Å². The molecule has 0 unspecified atom stereocenters. The molecule has 0 atom stereocenters. The molecule has 128 valence electrons. The molecule has 0 aromatic heterocycles. The molecule has 10 heteroatoms. The van der Waals surface area contributed by atoms with Crippen molar-refractivity contribution in [1.29, 1.82) is 0 Å². The van der Waals surface area contributed by atoms with Gasteiger partial charge in [-0.15, -0.1) is 0 Å². The van der Waals surface area contributed by atoms with E-state index in [0.717, 1.165) is 0 Å². The monoisotopic (exact) mass is 337 g/mol. The molecular formula is C12H24N3O6P. The van der Waals surface area contributed by atoms with Crippen molar-refractivity contribution >= 4 is 25.8 Å². The summed E-state index contributed by atoms with van der Waals surface area (Å²) in [6.07, 6.45) is 1.49. The highest BCUT2D eigenvalue weighted by molar-refractivity contribution is 7.57. The third kappa shape index (κ3) is 11.4. The number of carboxylic acid groups (broad SMARTS) is 3. The van der Waals surface area contributed by atoms with Gasteiger partial charge in [0.05, 0.1) is 19.6 Å². The summed E-state index contributed by atoms with van der Waals surface area (Å²) < 4.78 is 0. The van der Waals surface area contributed by atoms with E-state index in [1.165, 1.54) is 0 Å². The van der Waals surface area contributed by atoms with Gasteiger partial charge in [0, 0.05) is 18.9 Å². The van der Waals surface area contributed by atoms with Crippen molar-refractivity contribution in [3.8, 4) is 0 Å². The van der Waals surface area contributed by atoms with Gasteiger partial charge in [-0.05, 0) is 21.1 Å². The third-order valence-electron chi connectivity index (χ3n) is 2.54. The van der Waals surface area contributed by atoms with Crippen LogP contribution in [-0.2, 0) is 14.4 Å². The van der Waals surface area contributed by atoms with Gasteiger partial charge >= 0.3 is 17.9 Å². The lowest BCUT2D eigenvalue weighted by Crippen LogP contribution is -2.34. The highest BCUT2D eigenvalue weighted by atomic mass is 31.1. The van der Waals surface area contributed by atoms with Crippen LogP contribution in [-0.4, -0.2) is 108 Å². The van der Waals surface area contributed by atoms with Crippen LogP contribution < -0.4 is 0 Å². The number of likely N-dealkylation sites (N-methyl/N-ethyl adjacent to an activating group) is 3. The van der Waals surface area contributed by atoms with E-state index in [1.807, 2.05) is 0 Å². The number of carbonyl (C=O) groups is 3. The molecule has 22 heavy (non-hydrogen) atoms. The molecule has 0 heterocycles. The molecular weight excluding hydrogens is 313 g/mol. The summed E-state index contributed by atoms with van der Waals surface area (Å²) in [6, 6.07) is 0. The topological polar surface area (TPSA) is 122 Å². The number of aliphatic carboxylic acids is 3. The maximum atomic E-state index is 10.7. The van der Waals surface area contributed by atoms with Gasteiger partial charge < -0.3 is 15.3 Å². The quantitative estimate of drug-likeness (QED) is 0.400. The van der Waals surface area contributed by atoms with E-state index in [2.05, 4.69) is 0 Å². The molecule has 0 amide bonds. The van der Waals surface area contributed by atoms with Crippen molar-refractivity contribution in [3.05, 3.63) is 0 Å². The second kappa shape index (κ2) is 10.4. The zero-order valence-corrected chi connectivity index (χ0v) is 14.0. The second-order valence-corrected chi connectivity index (χ2v) is 7.51. The summed E-state index contributed by atoms with van der Waals surface area (Å²) in [7, 11) is 4.25. The van der Waals surface area contributed by atoms with Crippen molar-refractivity contribution in [1.82, 2.24) is 14.7 Å². The Morgan fingerprint density at radius 1 is 0.682 bits per heavy atom. The van der Waals surface area contributed by atoms with Crippen LogP contribution in [0.2, 0.25) is 0 Å². The second-order valence-electron chi connectivity index (χ2n) is 5.32. The molecule has 0 saturated carbocycles. The average molecular weight is 337 g/mol. The Hall–Kier alpha value is -1.28. The van der Waals surface area contributed by atoms with Gasteiger partial charge in [0.1, 0.15) is 0 Å². The molecule has 0 saturated heterocycles. The van der Waals surface area contributed by atoms with E-state index >= 15 is 0 Å². The number of hydrogen-bond acceptors (Lipinski definition) is 6. The number of rotatable bonds is 12. The average Bonchev–Trinajstić information content (AvgIpc) is 2.23. The number of carboxylic acids is 3. The fraction of sp³-hybridized carbons (Fsp3) is 0.750. The highest BCUT2D eigenvalue weighted by Gasteiger charge is 2.19. The molecule has 0 aliphatic rings. The van der Waals surface area contributed by atoms with Crippen molar-refractivity contribution < 1.29 is 29.7 Å². The van der Waals surface area contributed by atoms with E-state index in [9.17, 15) is 14.4 Å². The number of hydrogen-bond donors (Lipinski definition) is 3. The Morgan fingerprint density at radius 2 is 0.909 bits per heavy atom. The van der Waals surface area contributed by atoms with E-state index in [4.69, 9.17) is 15.3 Å². The summed E-state index contributed by atoms with van der Waals surface area (Å²) in [6.45, 7) is -0.321. The van der Waals surface area contributed by atoms with Crippen LogP contribution in [0.15, 0.2) is 0 Å². The van der Waals surface area contributed by atoms with Crippen LogP contribution in [0.1, 0.15) is 0 Å². The smallest absolute Gasteiger partial charge is 0.317 e. The minimum absolute atomic E-state index is 0.107. The van der Waals surface area contributed by atoms with Crippen LogP contribution >= 0.6 is 7.92 Å². The van der Waals surface area contributed by atoms with Gasteiger partial charge in [-0.3, -0.25) is 29.1 Å². The third-order valence-corrected chi connectivity index (χ3v) is 5.19. The lowest BCUT2D eigenvalue weighted by atomic mass is 10.6. The van der Waals surface area contributed by atoms with Gasteiger partial charge in [0.25, 0.3) is 0 Å². The van der Waals surface area contributed by atoms with Crippen LogP contribution in [0, 0.1) is 0 Å². The molecule has 0 bridgehead atoms. The maximum absolute atomic E-state index is 10.7. The van der Waals surface area contributed by atoms with E-state index in [1.54, 1.807) is 35.8 Å². The zero-order chi connectivity index (χ0) is 17.3. The zero-order valence-electron chi connectivity index (χ0n) is 13.1. The molecule has 0 radical (unpaired) electrons. The number of nitrogens with zero attached hydrogens (tertiary/aromatic N) is 3. The standard InChI is InChI=1S/C12H24N3O6P/c1-13(4-10(16)17)7-22(8-14(2)5-11(18)19)9-15(3)6-12(20)21/h4-9H2,1-3H3,(H,16,17)(H,18,19)(H,20,21).